The molecule has 0 amide bonds. The largest absolute Gasteiger partial charge is 0.418 e. The van der Waals surface area contributed by atoms with Crippen LogP contribution in [0.1, 0.15) is 5.56 Å². The lowest BCUT2D eigenvalue weighted by atomic mass is 10.1. The van der Waals surface area contributed by atoms with Gasteiger partial charge in [0.05, 0.1) is 21.3 Å². The van der Waals surface area contributed by atoms with Crippen LogP contribution in [0.5, 0.6) is 0 Å². The van der Waals surface area contributed by atoms with Crippen LogP contribution in [-0.2, 0) is 6.18 Å². The minimum Gasteiger partial charge on any atom is -0.256 e. The summed E-state index contributed by atoms with van der Waals surface area (Å²) in [6.07, 6.45) is -3.30. The van der Waals surface area contributed by atoms with Gasteiger partial charge in [0, 0.05) is 16.8 Å². The number of alkyl halides is 3. The third-order valence-electron chi connectivity index (χ3n) is 2.36. The van der Waals surface area contributed by atoms with Crippen LogP contribution < -0.4 is 0 Å². The van der Waals surface area contributed by atoms with Gasteiger partial charge < -0.3 is 0 Å². The van der Waals surface area contributed by atoms with Gasteiger partial charge in [-0.2, -0.15) is 13.2 Å². The Morgan fingerprint density at radius 2 is 1.58 bits per heavy atom. The second-order valence-electron chi connectivity index (χ2n) is 3.64. The van der Waals surface area contributed by atoms with Crippen molar-refractivity contribution in [2.75, 3.05) is 0 Å². The Balaban J connectivity index is 2.74. The molecular formula is C12H5Cl3F3N. The molecule has 2 aromatic rings. The molecule has 1 heterocycles. The summed E-state index contributed by atoms with van der Waals surface area (Å²) in [4.78, 5) is 3.73. The summed E-state index contributed by atoms with van der Waals surface area (Å²) in [5, 5.41) is 0.270. The van der Waals surface area contributed by atoms with Crippen molar-refractivity contribution in [3.8, 4) is 11.3 Å². The fourth-order valence-corrected chi connectivity index (χ4v) is 2.60. The van der Waals surface area contributed by atoms with Crippen molar-refractivity contribution < 1.29 is 13.2 Å². The molecule has 0 bridgehead atoms. The van der Waals surface area contributed by atoms with Gasteiger partial charge >= 0.3 is 6.18 Å². The molecule has 0 saturated heterocycles. The van der Waals surface area contributed by atoms with E-state index in [1.165, 1.54) is 24.4 Å². The van der Waals surface area contributed by atoms with E-state index in [0.717, 1.165) is 6.07 Å². The molecule has 2 rings (SSSR count). The fourth-order valence-electron chi connectivity index (χ4n) is 1.60. The first-order chi connectivity index (χ1) is 8.80. The molecule has 100 valence electrons. The van der Waals surface area contributed by atoms with E-state index < -0.39 is 11.7 Å². The van der Waals surface area contributed by atoms with Gasteiger partial charge in [0.1, 0.15) is 0 Å². The Morgan fingerprint density at radius 1 is 1.00 bits per heavy atom. The molecule has 0 spiro atoms. The summed E-state index contributed by atoms with van der Waals surface area (Å²) >= 11 is 17.6. The summed E-state index contributed by atoms with van der Waals surface area (Å²) < 4.78 is 38.8. The number of hydrogen-bond acceptors (Lipinski definition) is 1. The smallest absolute Gasteiger partial charge is 0.256 e. The maximum atomic E-state index is 12.9. The third-order valence-corrected chi connectivity index (χ3v) is 3.17. The van der Waals surface area contributed by atoms with Crippen molar-refractivity contribution in [1.29, 1.82) is 0 Å². The monoisotopic (exact) mass is 325 g/mol. The minimum absolute atomic E-state index is 0.0145. The average Bonchev–Trinajstić information content (AvgIpc) is 2.26. The van der Waals surface area contributed by atoms with E-state index in [1.54, 1.807) is 0 Å². The molecular weight excluding hydrogens is 321 g/mol. The molecule has 7 heteroatoms. The van der Waals surface area contributed by atoms with E-state index in [9.17, 15) is 13.2 Å². The maximum Gasteiger partial charge on any atom is 0.418 e. The number of benzene rings is 1. The number of pyridine rings is 1. The molecule has 0 N–H and O–H groups in total. The first kappa shape index (κ1) is 14.4. The summed E-state index contributed by atoms with van der Waals surface area (Å²) in [5.74, 6) is 0. The van der Waals surface area contributed by atoms with Crippen molar-refractivity contribution >= 4 is 34.8 Å². The lowest BCUT2D eigenvalue weighted by Gasteiger charge is -2.14. The van der Waals surface area contributed by atoms with E-state index >= 15 is 0 Å². The number of rotatable bonds is 1. The van der Waals surface area contributed by atoms with Crippen LogP contribution in [0.2, 0.25) is 15.1 Å². The normalized spacial score (nSPS) is 11.7. The quantitative estimate of drug-likeness (QED) is 0.652. The molecule has 0 atom stereocenters. The van der Waals surface area contributed by atoms with Gasteiger partial charge in [0.25, 0.3) is 0 Å². The Bertz CT molecular complexity index is 603. The predicted octanol–water partition coefficient (Wildman–Crippen LogP) is 5.73. The summed E-state index contributed by atoms with van der Waals surface area (Å²) in [6.45, 7) is 0. The highest BCUT2D eigenvalue weighted by molar-refractivity contribution is 6.41. The first-order valence-corrected chi connectivity index (χ1v) is 6.11. The zero-order valence-corrected chi connectivity index (χ0v) is 11.4. The Morgan fingerprint density at radius 3 is 2.11 bits per heavy atom. The van der Waals surface area contributed by atoms with E-state index in [4.69, 9.17) is 34.8 Å². The molecule has 0 aliphatic heterocycles. The lowest BCUT2D eigenvalue weighted by Crippen LogP contribution is -2.08. The standard InChI is InChI=1S/C12H5Cl3F3N/c13-6-4-8(14)10(9(15)5-6)11-7(12(16,17)18)2-1-3-19-11/h1-5H. The summed E-state index contributed by atoms with van der Waals surface area (Å²) in [7, 11) is 0. The van der Waals surface area contributed by atoms with Crippen LogP contribution in [0.4, 0.5) is 13.2 Å². The Kier molecular flexibility index (Phi) is 3.95. The molecule has 0 aliphatic carbocycles. The van der Waals surface area contributed by atoms with Gasteiger partial charge in [0.15, 0.2) is 0 Å². The molecule has 1 aromatic heterocycles. The SMILES string of the molecule is FC(F)(F)c1cccnc1-c1c(Cl)cc(Cl)cc1Cl. The Labute approximate surface area is 121 Å². The van der Waals surface area contributed by atoms with Crippen LogP contribution in [0.15, 0.2) is 30.5 Å². The third kappa shape index (κ3) is 2.96. The highest BCUT2D eigenvalue weighted by Gasteiger charge is 2.35. The topological polar surface area (TPSA) is 12.9 Å². The zero-order chi connectivity index (χ0) is 14.2. The van der Waals surface area contributed by atoms with Gasteiger partial charge in [-0.1, -0.05) is 34.8 Å². The van der Waals surface area contributed by atoms with Crippen LogP contribution >= 0.6 is 34.8 Å². The molecule has 1 nitrogen and oxygen atoms in total. The molecule has 0 saturated carbocycles. The maximum absolute atomic E-state index is 12.9. The minimum atomic E-state index is -4.55. The van der Waals surface area contributed by atoms with Gasteiger partial charge in [-0.3, -0.25) is 4.98 Å². The van der Waals surface area contributed by atoms with Gasteiger partial charge in [-0.15, -0.1) is 0 Å². The molecule has 0 radical (unpaired) electrons. The summed E-state index contributed by atoms with van der Waals surface area (Å²) in [6, 6.07) is 4.76. The molecule has 19 heavy (non-hydrogen) atoms. The van der Waals surface area contributed by atoms with E-state index in [1.807, 2.05) is 0 Å². The number of halogens is 6. The van der Waals surface area contributed by atoms with Gasteiger partial charge in [0.2, 0.25) is 0 Å². The average molecular weight is 327 g/mol. The van der Waals surface area contributed by atoms with Gasteiger partial charge in [-0.05, 0) is 24.3 Å². The summed E-state index contributed by atoms with van der Waals surface area (Å²) in [5.41, 5.74) is -1.21. The predicted molar refractivity (Wildman–Crippen MR) is 69.7 cm³/mol. The zero-order valence-electron chi connectivity index (χ0n) is 9.10. The first-order valence-electron chi connectivity index (χ1n) is 4.98. The highest BCUT2D eigenvalue weighted by atomic mass is 35.5. The van der Waals surface area contributed by atoms with Gasteiger partial charge in [-0.25, -0.2) is 0 Å². The number of hydrogen-bond donors (Lipinski definition) is 0. The number of aromatic nitrogens is 1. The van der Waals surface area contributed by atoms with Crippen LogP contribution in [-0.4, -0.2) is 4.98 Å². The van der Waals surface area contributed by atoms with E-state index in [2.05, 4.69) is 4.98 Å². The molecule has 0 unspecified atom stereocenters. The van der Waals surface area contributed by atoms with Crippen molar-refractivity contribution in [2.45, 2.75) is 6.18 Å². The van der Waals surface area contributed by atoms with Crippen molar-refractivity contribution in [2.24, 2.45) is 0 Å². The second-order valence-corrected chi connectivity index (χ2v) is 4.89. The van der Waals surface area contributed by atoms with Crippen molar-refractivity contribution in [3.63, 3.8) is 0 Å². The van der Waals surface area contributed by atoms with Crippen LogP contribution in [0.3, 0.4) is 0 Å². The Hall–Kier alpha value is -0.970. The second kappa shape index (κ2) is 5.19. The van der Waals surface area contributed by atoms with Crippen molar-refractivity contribution in [1.82, 2.24) is 4.98 Å². The van der Waals surface area contributed by atoms with Crippen LogP contribution in [0.25, 0.3) is 11.3 Å². The van der Waals surface area contributed by atoms with Crippen molar-refractivity contribution in [3.05, 3.63) is 51.1 Å². The molecule has 0 fully saturated rings. The molecule has 0 aliphatic rings. The van der Waals surface area contributed by atoms with E-state index in [-0.39, 0.29) is 26.3 Å². The molecule has 1 aromatic carbocycles. The fraction of sp³-hybridized carbons (Fsp3) is 0.0833. The van der Waals surface area contributed by atoms with E-state index in [0.29, 0.717) is 0 Å². The lowest BCUT2D eigenvalue weighted by molar-refractivity contribution is -0.137. The van der Waals surface area contributed by atoms with Crippen LogP contribution in [0, 0.1) is 0 Å². The number of nitrogens with zero attached hydrogens (tertiary/aromatic N) is 1. The highest BCUT2D eigenvalue weighted by Crippen LogP contribution is 2.42.